The second-order valence-corrected chi connectivity index (χ2v) is 5.85. The molecule has 0 N–H and O–H groups in total. The zero-order valence-electron chi connectivity index (χ0n) is 13.8. The van der Waals surface area contributed by atoms with Gasteiger partial charge < -0.3 is 14.2 Å². The van der Waals surface area contributed by atoms with Crippen LogP contribution in [0.2, 0.25) is 0 Å². The summed E-state index contributed by atoms with van der Waals surface area (Å²) < 4.78 is 23.7. The monoisotopic (exact) mass is 333 g/mol. The number of hydrogen-bond donors (Lipinski definition) is 0. The standard InChI is InChI=1S/C17H20FN3O3/c1-12-9-14(19-24-12)11-20-5-7-21(8-6-20)17(22)13-3-4-16(23-2)15(18)10-13/h3-4,9-10H,5-8,11H2,1-2H3. The highest BCUT2D eigenvalue weighted by atomic mass is 19.1. The number of methoxy groups -OCH3 is 1. The van der Waals surface area contributed by atoms with E-state index < -0.39 is 5.82 Å². The fourth-order valence-electron chi connectivity index (χ4n) is 2.81. The summed E-state index contributed by atoms with van der Waals surface area (Å²) in [5.74, 6) is 0.247. The van der Waals surface area contributed by atoms with Gasteiger partial charge in [0.25, 0.3) is 5.91 Å². The Morgan fingerprint density at radius 2 is 2.04 bits per heavy atom. The molecule has 2 aromatic rings. The van der Waals surface area contributed by atoms with Crippen LogP contribution in [0.5, 0.6) is 5.75 Å². The van der Waals surface area contributed by atoms with Gasteiger partial charge in [-0.1, -0.05) is 5.16 Å². The molecule has 0 unspecified atom stereocenters. The Morgan fingerprint density at radius 1 is 1.29 bits per heavy atom. The van der Waals surface area contributed by atoms with Crippen LogP contribution in [0.3, 0.4) is 0 Å². The number of rotatable bonds is 4. The van der Waals surface area contributed by atoms with Crippen molar-refractivity contribution in [3.8, 4) is 5.75 Å². The SMILES string of the molecule is COc1ccc(C(=O)N2CCN(Cc3cc(C)on3)CC2)cc1F. The number of nitrogens with zero attached hydrogens (tertiary/aromatic N) is 3. The molecule has 2 heterocycles. The molecule has 1 aromatic carbocycles. The molecule has 0 saturated carbocycles. The molecule has 7 heteroatoms. The van der Waals surface area contributed by atoms with Gasteiger partial charge in [0.15, 0.2) is 11.6 Å². The summed E-state index contributed by atoms with van der Waals surface area (Å²) in [5.41, 5.74) is 1.23. The van der Waals surface area contributed by atoms with Gasteiger partial charge in [0.05, 0.1) is 12.8 Å². The molecule has 0 bridgehead atoms. The Kier molecular flexibility index (Phi) is 4.80. The number of aryl methyl sites for hydroxylation is 1. The molecule has 0 radical (unpaired) electrons. The van der Waals surface area contributed by atoms with Crippen LogP contribution in [0.4, 0.5) is 4.39 Å². The molecular weight excluding hydrogens is 313 g/mol. The average molecular weight is 333 g/mol. The first-order chi connectivity index (χ1) is 11.6. The van der Waals surface area contributed by atoms with E-state index in [4.69, 9.17) is 9.26 Å². The summed E-state index contributed by atoms with van der Waals surface area (Å²) in [6, 6.07) is 6.21. The predicted molar refractivity (Wildman–Crippen MR) is 85.4 cm³/mol. The van der Waals surface area contributed by atoms with E-state index in [1.807, 2.05) is 13.0 Å². The van der Waals surface area contributed by atoms with Gasteiger partial charge in [0.2, 0.25) is 0 Å². The lowest BCUT2D eigenvalue weighted by Gasteiger charge is -2.34. The maximum absolute atomic E-state index is 13.8. The van der Waals surface area contributed by atoms with Crippen molar-refractivity contribution in [1.82, 2.24) is 15.0 Å². The maximum atomic E-state index is 13.8. The number of benzene rings is 1. The quantitative estimate of drug-likeness (QED) is 0.857. The van der Waals surface area contributed by atoms with Gasteiger partial charge in [-0.15, -0.1) is 0 Å². The van der Waals surface area contributed by atoms with E-state index in [9.17, 15) is 9.18 Å². The second-order valence-electron chi connectivity index (χ2n) is 5.85. The first kappa shape index (κ1) is 16.4. The van der Waals surface area contributed by atoms with E-state index in [1.165, 1.54) is 19.2 Å². The van der Waals surface area contributed by atoms with Crippen molar-refractivity contribution in [2.75, 3.05) is 33.3 Å². The van der Waals surface area contributed by atoms with Crippen LogP contribution in [-0.2, 0) is 6.54 Å². The lowest BCUT2D eigenvalue weighted by atomic mass is 10.1. The average Bonchev–Trinajstić information content (AvgIpc) is 2.99. The summed E-state index contributed by atoms with van der Waals surface area (Å²) >= 11 is 0. The van der Waals surface area contributed by atoms with E-state index in [0.717, 1.165) is 24.5 Å². The molecule has 1 aromatic heterocycles. The minimum atomic E-state index is -0.525. The van der Waals surface area contributed by atoms with Crippen molar-refractivity contribution in [3.05, 3.63) is 47.1 Å². The molecule has 1 aliphatic rings. The molecule has 0 aliphatic carbocycles. The zero-order chi connectivity index (χ0) is 17.1. The van der Waals surface area contributed by atoms with Crippen molar-refractivity contribution in [3.63, 3.8) is 0 Å². The maximum Gasteiger partial charge on any atom is 0.254 e. The van der Waals surface area contributed by atoms with Crippen LogP contribution in [0.1, 0.15) is 21.8 Å². The van der Waals surface area contributed by atoms with E-state index in [2.05, 4.69) is 10.1 Å². The Morgan fingerprint density at radius 3 is 2.62 bits per heavy atom. The summed E-state index contributed by atoms with van der Waals surface area (Å²) in [6.45, 7) is 5.26. The van der Waals surface area contributed by atoms with Gasteiger partial charge in [0.1, 0.15) is 5.76 Å². The molecule has 1 fully saturated rings. The molecule has 128 valence electrons. The molecule has 1 amide bonds. The number of amides is 1. The van der Waals surface area contributed by atoms with Crippen LogP contribution in [0.25, 0.3) is 0 Å². The minimum absolute atomic E-state index is 0.138. The predicted octanol–water partition coefficient (Wildman–Crippen LogP) is 2.09. The summed E-state index contributed by atoms with van der Waals surface area (Å²) in [6.07, 6.45) is 0. The lowest BCUT2D eigenvalue weighted by molar-refractivity contribution is 0.0625. The highest BCUT2D eigenvalue weighted by molar-refractivity contribution is 5.94. The molecule has 0 atom stereocenters. The highest BCUT2D eigenvalue weighted by Gasteiger charge is 2.23. The van der Waals surface area contributed by atoms with Gasteiger partial charge in [-0.2, -0.15) is 0 Å². The van der Waals surface area contributed by atoms with Gasteiger partial charge in [-0.25, -0.2) is 4.39 Å². The Hall–Kier alpha value is -2.41. The number of aromatic nitrogens is 1. The van der Waals surface area contributed by atoms with Crippen LogP contribution < -0.4 is 4.74 Å². The molecule has 1 aliphatic heterocycles. The van der Waals surface area contributed by atoms with Crippen molar-refractivity contribution >= 4 is 5.91 Å². The topological polar surface area (TPSA) is 58.8 Å². The van der Waals surface area contributed by atoms with Crippen molar-refractivity contribution < 1.29 is 18.4 Å². The number of piperazine rings is 1. The van der Waals surface area contributed by atoms with Gasteiger partial charge in [-0.3, -0.25) is 9.69 Å². The molecule has 6 nitrogen and oxygen atoms in total. The third-order valence-corrected chi connectivity index (χ3v) is 4.12. The van der Waals surface area contributed by atoms with E-state index in [0.29, 0.717) is 25.2 Å². The van der Waals surface area contributed by atoms with Crippen LogP contribution in [0, 0.1) is 12.7 Å². The van der Waals surface area contributed by atoms with E-state index >= 15 is 0 Å². The Labute approximate surface area is 139 Å². The van der Waals surface area contributed by atoms with E-state index in [1.54, 1.807) is 11.0 Å². The van der Waals surface area contributed by atoms with Crippen LogP contribution >= 0.6 is 0 Å². The first-order valence-corrected chi connectivity index (χ1v) is 7.84. The normalized spacial score (nSPS) is 15.5. The zero-order valence-corrected chi connectivity index (χ0v) is 13.8. The van der Waals surface area contributed by atoms with Crippen LogP contribution in [0.15, 0.2) is 28.8 Å². The number of hydrogen-bond acceptors (Lipinski definition) is 5. The minimum Gasteiger partial charge on any atom is -0.494 e. The third-order valence-electron chi connectivity index (χ3n) is 4.12. The summed E-state index contributed by atoms with van der Waals surface area (Å²) in [4.78, 5) is 16.5. The lowest BCUT2D eigenvalue weighted by Crippen LogP contribution is -2.48. The molecule has 1 saturated heterocycles. The number of halogens is 1. The molecule has 3 rings (SSSR count). The molecule has 24 heavy (non-hydrogen) atoms. The second kappa shape index (κ2) is 7.00. The number of carbonyl (C=O) groups is 1. The largest absolute Gasteiger partial charge is 0.494 e. The number of ether oxygens (including phenoxy) is 1. The Bertz CT molecular complexity index is 724. The number of carbonyl (C=O) groups excluding carboxylic acids is 1. The third kappa shape index (κ3) is 3.56. The highest BCUT2D eigenvalue weighted by Crippen LogP contribution is 2.19. The van der Waals surface area contributed by atoms with Crippen molar-refractivity contribution in [2.24, 2.45) is 0 Å². The fraction of sp³-hybridized carbons (Fsp3) is 0.412. The van der Waals surface area contributed by atoms with E-state index in [-0.39, 0.29) is 11.7 Å². The van der Waals surface area contributed by atoms with Gasteiger partial charge in [-0.05, 0) is 25.1 Å². The molecule has 0 spiro atoms. The fourth-order valence-corrected chi connectivity index (χ4v) is 2.81. The van der Waals surface area contributed by atoms with Crippen molar-refractivity contribution in [1.29, 1.82) is 0 Å². The van der Waals surface area contributed by atoms with Gasteiger partial charge >= 0.3 is 0 Å². The molecular formula is C17H20FN3O3. The summed E-state index contributed by atoms with van der Waals surface area (Å²) in [7, 11) is 1.40. The van der Waals surface area contributed by atoms with Gasteiger partial charge in [0, 0.05) is 44.4 Å². The first-order valence-electron chi connectivity index (χ1n) is 7.84. The summed E-state index contributed by atoms with van der Waals surface area (Å²) in [5, 5.41) is 3.99. The smallest absolute Gasteiger partial charge is 0.254 e. The van der Waals surface area contributed by atoms with Crippen molar-refractivity contribution in [2.45, 2.75) is 13.5 Å². The Balaban J connectivity index is 1.57. The van der Waals surface area contributed by atoms with Crippen LogP contribution in [-0.4, -0.2) is 54.2 Å².